The summed E-state index contributed by atoms with van der Waals surface area (Å²) in [7, 11) is 1.64. The lowest BCUT2D eigenvalue weighted by Crippen LogP contribution is -2.39. The first-order valence-electron chi connectivity index (χ1n) is 6.44. The van der Waals surface area contributed by atoms with Gasteiger partial charge in [-0.2, -0.15) is 0 Å². The molecule has 0 unspecified atom stereocenters. The zero-order valence-electron chi connectivity index (χ0n) is 12.3. The third kappa shape index (κ3) is 4.39. The standard InChI is InChI=1S/C13H23N5O/c1-6-15-10-7-11(18-9(2)17-10)16-8-13(3,4)12(19)14-5/h7H,6,8H2,1-5H3,(H,14,19)(H2,15,16,17,18). The second-order valence-electron chi connectivity index (χ2n) is 5.03. The summed E-state index contributed by atoms with van der Waals surface area (Å²) >= 11 is 0. The van der Waals surface area contributed by atoms with Crippen LogP contribution in [0.15, 0.2) is 6.07 Å². The van der Waals surface area contributed by atoms with Crippen LogP contribution in [0.2, 0.25) is 0 Å². The average Bonchev–Trinajstić information content (AvgIpc) is 2.35. The molecule has 1 aromatic rings. The van der Waals surface area contributed by atoms with Crippen molar-refractivity contribution in [3.05, 3.63) is 11.9 Å². The van der Waals surface area contributed by atoms with Crippen LogP contribution in [0.4, 0.5) is 11.6 Å². The van der Waals surface area contributed by atoms with Crippen molar-refractivity contribution < 1.29 is 4.79 Å². The van der Waals surface area contributed by atoms with E-state index in [1.165, 1.54) is 0 Å². The number of amides is 1. The Morgan fingerprint density at radius 2 is 1.84 bits per heavy atom. The molecule has 0 bridgehead atoms. The summed E-state index contributed by atoms with van der Waals surface area (Å²) in [5, 5.41) is 9.00. The number of hydrogen-bond acceptors (Lipinski definition) is 5. The van der Waals surface area contributed by atoms with Gasteiger partial charge in [0, 0.05) is 26.2 Å². The number of hydrogen-bond donors (Lipinski definition) is 3. The molecule has 0 atom stereocenters. The summed E-state index contributed by atoms with van der Waals surface area (Å²) < 4.78 is 0. The number of aromatic nitrogens is 2. The Morgan fingerprint density at radius 1 is 1.26 bits per heavy atom. The minimum absolute atomic E-state index is 0.00214. The largest absolute Gasteiger partial charge is 0.370 e. The van der Waals surface area contributed by atoms with E-state index in [9.17, 15) is 4.79 Å². The molecule has 0 radical (unpaired) electrons. The van der Waals surface area contributed by atoms with Crippen molar-refractivity contribution in [3.8, 4) is 0 Å². The van der Waals surface area contributed by atoms with Crippen molar-refractivity contribution in [2.24, 2.45) is 5.41 Å². The van der Waals surface area contributed by atoms with Gasteiger partial charge in [0.2, 0.25) is 5.91 Å². The van der Waals surface area contributed by atoms with Crippen LogP contribution < -0.4 is 16.0 Å². The van der Waals surface area contributed by atoms with Gasteiger partial charge in [-0.25, -0.2) is 9.97 Å². The molecule has 0 aromatic carbocycles. The predicted octanol–water partition coefficient (Wildman–Crippen LogP) is 1.40. The van der Waals surface area contributed by atoms with Crippen LogP contribution in [0.1, 0.15) is 26.6 Å². The summed E-state index contributed by atoms with van der Waals surface area (Å²) in [6, 6.07) is 1.84. The van der Waals surface area contributed by atoms with Gasteiger partial charge in [-0.15, -0.1) is 0 Å². The quantitative estimate of drug-likeness (QED) is 0.724. The van der Waals surface area contributed by atoms with Crippen LogP contribution in [0, 0.1) is 12.3 Å². The maximum absolute atomic E-state index is 11.7. The third-order valence-corrected chi connectivity index (χ3v) is 2.75. The Kier molecular flexibility index (Phi) is 5.09. The fourth-order valence-electron chi connectivity index (χ4n) is 1.66. The molecule has 0 aliphatic heterocycles. The van der Waals surface area contributed by atoms with Crippen LogP contribution in [0.25, 0.3) is 0 Å². The number of aryl methyl sites for hydroxylation is 1. The fraction of sp³-hybridized carbons (Fsp3) is 0.615. The SMILES string of the molecule is CCNc1cc(NCC(C)(C)C(=O)NC)nc(C)n1. The topological polar surface area (TPSA) is 78.9 Å². The van der Waals surface area contributed by atoms with E-state index in [4.69, 9.17) is 0 Å². The minimum atomic E-state index is -0.494. The summed E-state index contributed by atoms with van der Waals surface area (Å²) in [6.45, 7) is 8.94. The first-order valence-corrected chi connectivity index (χ1v) is 6.44. The highest BCUT2D eigenvalue weighted by Crippen LogP contribution is 2.17. The Bertz CT molecular complexity index is 445. The van der Waals surface area contributed by atoms with Gasteiger partial charge in [0.05, 0.1) is 5.41 Å². The van der Waals surface area contributed by atoms with Crippen LogP contribution >= 0.6 is 0 Å². The molecule has 1 aromatic heterocycles. The van der Waals surface area contributed by atoms with Crippen LogP contribution in [0.3, 0.4) is 0 Å². The van der Waals surface area contributed by atoms with Crippen molar-refractivity contribution in [1.82, 2.24) is 15.3 Å². The zero-order chi connectivity index (χ0) is 14.5. The minimum Gasteiger partial charge on any atom is -0.370 e. The highest BCUT2D eigenvalue weighted by molar-refractivity contribution is 5.82. The van der Waals surface area contributed by atoms with Gasteiger partial charge in [0.15, 0.2) is 0 Å². The van der Waals surface area contributed by atoms with E-state index in [1.807, 2.05) is 33.8 Å². The molecule has 0 fully saturated rings. The smallest absolute Gasteiger partial charge is 0.227 e. The molecule has 6 nitrogen and oxygen atoms in total. The van der Waals surface area contributed by atoms with Gasteiger partial charge < -0.3 is 16.0 Å². The molecule has 106 valence electrons. The molecule has 0 spiro atoms. The lowest BCUT2D eigenvalue weighted by Gasteiger charge is -2.23. The summed E-state index contributed by atoms with van der Waals surface area (Å²) in [5.74, 6) is 2.20. The Labute approximate surface area is 114 Å². The van der Waals surface area contributed by atoms with Gasteiger partial charge in [-0.1, -0.05) is 0 Å². The van der Waals surface area contributed by atoms with Gasteiger partial charge in [0.25, 0.3) is 0 Å². The Balaban J connectivity index is 2.74. The van der Waals surface area contributed by atoms with Gasteiger partial charge in [0.1, 0.15) is 17.5 Å². The molecule has 1 heterocycles. The second kappa shape index (κ2) is 6.36. The Hall–Kier alpha value is -1.85. The van der Waals surface area contributed by atoms with Crippen molar-refractivity contribution in [2.45, 2.75) is 27.7 Å². The molecule has 0 saturated carbocycles. The number of carbonyl (C=O) groups is 1. The number of nitrogens with zero attached hydrogens (tertiary/aromatic N) is 2. The molecule has 1 amide bonds. The van der Waals surface area contributed by atoms with Crippen molar-refractivity contribution in [2.75, 3.05) is 30.8 Å². The Morgan fingerprint density at radius 3 is 2.37 bits per heavy atom. The third-order valence-electron chi connectivity index (χ3n) is 2.75. The average molecular weight is 265 g/mol. The summed E-state index contributed by atoms with van der Waals surface area (Å²) in [4.78, 5) is 20.3. The van der Waals surface area contributed by atoms with Gasteiger partial charge in [-0.3, -0.25) is 4.79 Å². The fourth-order valence-corrected chi connectivity index (χ4v) is 1.66. The van der Waals surface area contributed by atoms with E-state index in [2.05, 4.69) is 25.9 Å². The number of rotatable bonds is 6. The monoisotopic (exact) mass is 265 g/mol. The lowest BCUT2D eigenvalue weighted by atomic mass is 9.92. The number of anilines is 2. The molecule has 3 N–H and O–H groups in total. The van der Waals surface area contributed by atoms with Crippen LogP contribution in [-0.2, 0) is 4.79 Å². The zero-order valence-corrected chi connectivity index (χ0v) is 12.3. The van der Waals surface area contributed by atoms with Crippen LogP contribution in [-0.4, -0.2) is 36.0 Å². The normalized spacial score (nSPS) is 11.0. The van der Waals surface area contributed by atoms with Crippen LogP contribution in [0.5, 0.6) is 0 Å². The molecule has 19 heavy (non-hydrogen) atoms. The molecule has 0 aliphatic carbocycles. The molecule has 1 rings (SSSR count). The highest BCUT2D eigenvalue weighted by atomic mass is 16.2. The summed E-state index contributed by atoms with van der Waals surface area (Å²) in [6.07, 6.45) is 0. The first-order chi connectivity index (χ1) is 8.89. The number of carbonyl (C=O) groups excluding carboxylic acids is 1. The van der Waals surface area contributed by atoms with E-state index in [-0.39, 0.29) is 5.91 Å². The maximum Gasteiger partial charge on any atom is 0.227 e. The van der Waals surface area contributed by atoms with Gasteiger partial charge >= 0.3 is 0 Å². The van der Waals surface area contributed by atoms with E-state index in [0.29, 0.717) is 12.4 Å². The predicted molar refractivity (Wildman–Crippen MR) is 77.3 cm³/mol. The van der Waals surface area contributed by atoms with E-state index >= 15 is 0 Å². The molecular weight excluding hydrogens is 242 g/mol. The maximum atomic E-state index is 11.7. The molecule has 6 heteroatoms. The first kappa shape index (κ1) is 15.2. The highest BCUT2D eigenvalue weighted by Gasteiger charge is 2.26. The summed E-state index contributed by atoms with van der Waals surface area (Å²) in [5.41, 5.74) is -0.494. The molecular formula is C13H23N5O. The van der Waals surface area contributed by atoms with Crippen molar-refractivity contribution in [3.63, 3.8) is 0 Å². The van der Waals surface area contributed by atoms with E-state index in [1.54, 1.807) is 7.05 Å². The van der Waals surface area contributed by atoms with Crippen molar-refractivity contribution in [1.29, 1.82) is 0 Å². The second-order valence-corrected chi connectivity index (χ2v) is 5.03. The number of nitrogens with one attached hydrogen (secondary N) is 3. The van der Waals surface area contributed by atoms with Crippen molar-refractivity contribution >= 4 is 17.5 Å². The van der Waals surface area contributed by atoms with Gasteiger partial charge in [-0.05, 0) is 27.7 Å². The lowest BCUT2D eigenvalue weighted by molar-refractivity contribution is -0.128. The van der Waals surface area contributed by atoms with E-state index in [0.717, 1.165) is 18.2 Å². The molecule has 0 saturated heterocycles. The van der Waals surface area contributed by atoms with E-state index < -0.39 is 5.41 Å². The molecule has 0 aliphatic rings.